The predicted molar refractivity (Wildman–Crippen MR) is 129 cm³/mol. The molecule has 0 spiro atoms. The van der Waals surface area contributed by atoms with Gasteiger partial charge in [-0.05, 0) is 29.3 Å². The lowest BCUT2D eigenvalue weighted by molar-refractivity contribution is -0.0191. The van der Waals surface area contributed by atoms with E-state index in [9.17, 15) is 0 Å². The van der Waals surface area contributed by atoms with Gasteiger partial charge in [-0.3, -0.25) is 0 Å². The van der Waals surface area contributed by atoms with Gasteiger partial charge in [-0.25, -0.2) is 5.01 Å². The van der Waals surface area contributed by atoms with Crippen molar-refractivity contribution < 1.29 is 9.47 Å². The van der Waals surface area contributed by atoms with Gasteiger partial charge in [0.25, 0.3) is 0 Å². The fourth-order valence-electron chi connectivity index (χ4n) is 4.56. The Hall–Kier alpha value is -4.05. The van der Waals surface area contributed by atoms with Crippen LogP contribution < -0.4 is 9.47 Å². The Morgan fingerprint density at radius 1 is 0.818 bits per heavy atom. The number of nitrogens with zero attached hydrogens (tertiary/aromatic N) is 2. The van der Waals surface area contributed by atoms with Crippen LogP contribution in [0.15, 0.2) is 114 Å². The van der Waals surface area contributed by atoms with Gasteiger partial charge in [0.15, 0.2) is 0 Å². The van der Waals surface area contributed by atoms with Gasteiger partial charge in [-0.1, -0.05) is 91.0 Å². The Morgan fingerprint density at radius 3 is 2.42 bits per heavy atom. The SMILES string of the molecule is c1ccc(COc2cccc([C@@H]3Oc4ccccc4[C@H]4CC(c5ccccc5)=NN43)c2)cc1. The first-order valence-electron chi connectivity index (χ1n) is 11.3. The molecule has 0 saturated carbocycles. The van der Waals surface area contributed by atoms with E-state index >= 15 is 0 Å². The topological polar surface area (TPSA) is 34.1 Å². The summed E-state index contributed by atoms with van der Waals surface area (Å²) in [5.41, 5.74) is 5.59. The van der Waals surface area contributed by atoms with Crippen LogP contribution >= 0.6 is 0 Å². The maximum Gasteiger partial charge on any atom is 0.214 e. The number of hydrogen-bond donors (Lipinski definition) is 0. The number of para-hydroxylation sites is 1. The maximum absolute atomic E-state index is 6.50. The number of rotatable bonds is 5. The van der Waals surface area contributed by atoms with Crippen molar-refractivity contribution in [2.45, 2.75) is 25.3 Å². The minimum atomic E-state index is -0.314. The molecule has 2 aliphatic rings. The lowest BCUT2D eigenvalue weighted by Crippen LogP contribution is -2.33. The van der Waals surface area contributed by atoms with Crippen molar-refractivity contribution in [2.75, 3.05) is 0 Å². The minimum Gasteiger partial charge on any atom is -0.489 e. The second-order valence-corrected chi connectivity index (χ2v) is 8.37. The standard InChI is InChI=1S/C29H24N2O2/c1-3-10-21(11-4-1)20-32-24-15-9-14-23(18-24)29-31-27(25-16-7-8-17-28(25)33-29)19-26(30-31)22-12-5-2-6-13-22/h1-18,27,29H,19-20H2/t27-,29+/m1/s1. The molecular weight excluding hydrogens is 408 g/mol. The number of fused-ring (bicyclic) bond motifs is 3. The zero-order chi connectivity index (χ0) is 22.0. The molecule has 33 heavy (non-hydrogen) atoms. The molecule has 2 heterocycles. The van der Waals surface area contributed by atoms with Gasteiger partial charge < -0.3 is 9.47 Å². The molecule has 2 aliphatic heterocycles. The van der Waals surface area contributed by atoms with E-state index < -0.39 is 0 Å². The Bertz CT molecular complexity index is 1290. The summed E-state index contributed by atoms with van der Waals surface area (Å²) in [5, 5.41) is 7.16. The summed E-state index contributed by atoms with van der Waals surface area (Å²) in [6, 6.07) is 37.2. The molecule has 0 saturated heterocycles. The highest BCUT2D eigenvalue weighted by Crippen LogP contribution is 2.47. The van der Waals surface area contributed by atoms with Gasteiger partial charge in [-0.15, -0.1) is 0 Å². The van der Waals surface area contributed by atoms with E-state index in [1.54, 1.807) is 0 Å². The molecule has 4 aromatic carbocycles. The molecule has 0 radical (unpaired) electrons. The lowest BCUT2D eigenvalue weighted by Gasteiger charge is -2.38. The van der Waals surface area contributed by atoms with E-state index in [2.05, 4.69) is 71.7 Å². The Balaban J connectivity index is 1.33. The van der Waals surface area contributed by atoms with E-state index in [-0.39, 0.29) is 12.3 Å². The van der Waals surface area contributed by atoms with Crippen LogP contribution in [0.4, 0.5) is 0 Å². The van der Waals surface area contributed by atoms with Crippen LogP contribution in [0.5, 0.6) is 11.5 Å². The maximum atomic E-state index is 6.50. The van der Waals surface area contributed by atoms with E-state index in [0.29, 0.717) is 6.61 Å². The zero-order valence-corrected chi connectivity index (χ0v) is 18.2. The van der Waals surface area contributed by atoms with Gasteiger partial charge in [-0.2, -0.15) is 5.10 Å². The highest BCUT2D eigenvalue weighted by atomic mass is 16.5. The average Bonchev–Trinajstić information content (AvgIpc) is 3.34. The highest BCUT2D eigenvalue weighted by Gasteiger charge is 2.40. The van der Waals surface area contributed by atoms with Crippen molar-refractivity contribution in [1.29, 1.82) is 0 Å². The van der Waals surface area contributed by atoms with Crippen LogP contribution in [0.25, 0.3) is 0 Å². The van der Waals surface area contributed by atoms with Gasteiger partial charge in [0.2, 0.25) is 6.23 Å². The molecule has 0 amide bonds. The summed E-state index contributed by atoms with van der Waals surface area (Å²) in [7, 11) is 0. The quantitative estimate of drug-likeness (QED) is 0.361. The molecule has 4 aromatic rings. The molecule has 0 bridgehead atoms. The van der Waals surface area contributed by atoms with Crippen LogP contribution in [0.1, 0.15) is 40.9 Å². The highest BCUT2D eigenvalue weighted by molar-refractivity contribution is 6.01. The van der Waals surface area contributed by atoms with Crippen molar-refractivity contribution in [3.63, 3.8) is 0 Å². The first-order chi connectivity index (χ1) is 16.3. The summed E-state index contributed by atoms with van der Waals surface area (Å²) in [6.07, 6.45) is 0.539. The Labute approximate surface area is 193 Å². The summed E-state index contributed by atoms with van der Waals surface area (Å²) >= 11 is 0. The number of hydrogen-bond acceptors (Lipinski definition) is 4. The van der Waals surface area contributed by atoms with Crippen molar-refractivity contribution >= 4 is 5.71 Å². The molecule has 6 rings (SSSR count). The average molecular weight is 433 g/mol. The Kier molecular flexibility index (Phi) is 5.04. The van der Waals surface area contributed by atoms with E-state index in [0.717, 1.165) is 40.3 Å². The van der Waals surface area contributed by atoms with Crippen LogP contribution in [-0.4, -0.2) is 10.7 Å². The largest absolute Gasteiger partial charge is 0.489 e. The smallest absolute Gasteiger partial charge is 0.214 e. The third-order valence-electron chi connectivity index (χ3n) is 6.20. The molecule has 4 heteroatoms. The monoisotopic (exact) mass is 432 g/mol. The van der Waals surface area contributed by atoms with Crippen LogP contribution in [-0.2, 0) is 6.61 Å². The van der Waals surface area contributed by atoms with E-state index in [1.165, 1.54) is 5.56 Å². The molecule has 162 valence electrons. The lowest BCUT2D eigenvalue weighted by atomic mass is 9.96. The predicted octanol–water partition coefficient (Wildman–Crippen LogP) is 6.51. The molecule has 0 unspecified atom stereocenters. The fraction of sp³-hybridized carbons (Fsp3) is 0.138. The van der Waals surface area contributed by atoms with Crippen molar-refractivity contribution in [3.05, 3.63) is 131 Å². The third-order valence-corrected chi connectivity index (χ3v) is 6.20. The van der Waals surface area contributed by atoms with Gasteiger partial charge in [0.05, 0.1) is 11.8 Å². The van der Waals surface area contributed by atoms with Gasteiger partial charge >= 0.3 is 0 Å². The molecular formula is C29H24N2O2. The second-order valence-electron chi connectivity index (χ2n) is 8.37. The molecule has 0 N–H and O–H groups in total. The molecule has 0 aromatic heterocycles. The van der Waals surface area contributed by atoms with E-state index in [1.807, 2.05) is 42.5 Å². The second kappa shape index (κ2) is 8.47. The van der Waals surface area contributed by atoms with Crippen molar-refractivity contribution in [1.82, 2.24) is 5.01 Å². The fourth-order valence-corrected chi connectivity index (χ4v) is 4.56. The first kappa shape index (κ1) is 19.6. The van der Waals surface area contributed by atoms with E-state index in [4.69, 9.17) is 14.6 Å². The van der Waals surface area contributed by atoms with Crippen LogP contribution in [0, 0.1) is 0 Å². The normalized spacial score (nSPS) is 18.7. The molecule has 0 aliphatic carbocycles. The number of ether oxygens (including phenoxy) is 2. The Morgan fingerprint density at radius 2 is 1.58 bits per heavy atom. The van der Waals surface area contributed by atoms with Crippen LogP contribution in [0.3, 0.4) is 0 Å². The van der Waals surface area contributed by atoms with Gasteiger partial charge in [0, 0.05) is 17.5 Å². The van der Waals surface area contributed by atoms with Gasteiger partial charge in [0.1, 0.15) is 18.1 Å². The molecule has 0 fully saturated rings. The third kappa shape index (κ3) is 3.85. The first-order valence-corrected chi connectivity index (χ1v) is 11.3. The van der Waals surface area contributed by atoms with Crippen molar-refractivity contribution in [3.8, 4) is 11.5 Å². The summed E-state index contributed by atoms with van der Waals surface area (Å²) in [6.45, 7) is 0.529. The zero-order valence-electron chi connectivity index (χ0n) is 18.2. The minimum absolute atomic E-state index is 0.143. The number of hydrazone groups is 1. The van der Waals surface area contributed by atoms with Crippen molar-refractivity contribution in [2.24, 2.45) is 5.10 Å². The van der Waals surface area contributed by atoms with Crippen LogP contribution in [0.2, 0.25) is 0 Å². The molecule has 2 atom stereocenters. The number of benzene rings is 4. The molecule has 4 nitrogen and oxygen atoms in total. The summed E-state index contributed by atoms with van der Waals surface area (Å²) < 4.78 is 12.6. The summed E-state index contributed by atoms with van der Waals surface area (Å²) in [5.74, 6) is 1.74. The summed E-state index contributed by atoms with van der Waals surface area (Å²) in [4.78, 5) is 0.